The number of anilines is 1. The van der Waals surface area contributed by atoms with E-state index in [9.17, 15) is 9.90 Å². The van der Waals surface area contributed by atoms with Crippen molar-refractivity contribution in [2.24, 2.45) is 5.10 Å². The summed E-state index contributed by atoms with van der Waals surface area (Å²) in [4.78, 5) is 18.8. The number of nitrogens with zero attached hydrogens (tertiary/aromatic N) is 2. The summed E-state index contributed by atoms with van der Waals surface area (Å²) >= 11 is 0. The van der Waals surface area contributed by atoms with E-state index in [1.807, 2.05) is 12.1 Å². The lowest BCUT2D eigenvalue weighted by Gasteiger charge is -2.01. The number of H-pyrrole nitrogens is 1. The number of hydrazone groups is 1. The van der Waals surface area contributed by atoms with E-state index < -0.39 is 0 Å². The van der Waals surface area contributed by atoms with Crippen molar-refractivity contribution in [1.82, 2.24) is 9.97 Å². The van der Waals surface area contributed by atoms with E-state index in [-0.39, 0.29) is 29.5 Å². The monoisotopic (exact) mass is 316 g/mol. The molecule has 0 fully saturated rings. The molecule has 3 N–H and O–H groups in total. The van der Waals surface area contributed by atoms with Crippen LogP contribution in [0.15, 0.2) is 58.4 Å². The second kappa shape index (κ2) is 6.73. The summed E-state index contributed by atoms with van der Waals surface area (Å²) in [6.45, 7) is 0. The summed E-state index contributed by atoms with van der Waals surface area (Å²) < 4.78 is 0. The molecule has 112 valence electrons. The predicted molar refractivity (Wildman–Crippen MR) is 88.9 cm³/mol. The smallest absolute Gasteiger partial charge is 0.293 e. The molecule has 0 unspecified atom stereocenters. The molecule has 2 aromatic carbocycles. The highest BCUT2D eigenvalue weighted by Crippen LogP contribution is 2.09. The first-order chi connectivity index (χ1) is 10.2. The number of hydrogen-bond acceptors (Lipinski definition) is 5. The lowest BCUT2D eigenvalue weighted by molar-refractivity contribution is 0.475. The molecule has 0 spiro atoms. The third-order valence-electron chi connectivity index (χ3n) is 2.88. The van der Waals surface area contributed by atoms with Crippen LogP contribution in [0.1, 0.15) is 5.56 Å². The van der Waals surface area contributed by atoms with Gasteiger partial charge in [0.2, 0.25) is 5.82 Å². The van der Waals surface area contributed by atoms with Crippen molar-refractivity contribution in [2.75, 3.05) is 5.43 Å². The maximum atomic E-state index is 11.8. The molecule has 0 aliphatic carbocycles. The number of aromatic hydroxyl groups is 1. The number of aromatic nitrogens is 2. The standard InChI is InChI=1S/C15H12N4O2.ClH/c20-11-7-5-10(6-8-11)9-16-19-14-15(21)18-13-4-2-1-3-12(13)17-14;/h1-9,20H,(H,17,19)(H,18,21);1H/b16-9+;. The number of rotatable bonds is 3. The predicted octanol–water partition coefficient (Wildman–Crippen LogP) is 2.50. The van der Waals surface area contributed by atoms with Gasteiger partial charge in [-0.2, -0.15) is 5.10 Å². The molecular weight excluding hydrogens is 304 g/mol. The highest BCUT2D eigenvalue weighted by Gasteiger charge is 2.02. The zero-order valence-electron chi connectivity index (χ0n) is 11.4. The topological polar surface area (TPSA) is 90.4 Å². The van der Waals surface area contributed by atoms with Gasteiger partial charge in [-0.15, -0.1) is 12.4 Å². The quantitative estimate of drug-likeness (QED) is 0.511. The van der Waals surface area contributed by atoms with Crippen molar-refractivity contribution < 1.29 is 5.11 Å². The molecule has 3 rings (SSSR count). The Balaban J connectivity index is 0.00000176. The van der Waals surface area contributed by atoms with Crippen LogP contribution in [0.4, 0.5) is 5.82 Å². The molecule has 1 aromatic heterocycles. The Hall–Kier alpha value is -2.86. The first kappa shape index (κ1) is 15.5. The largest absolute Gasteiger partial charge is 0.508 e. The summed E-state index contributed by atoms with van der Waals surface area (Å²) in [6.07, 6.45) is 1.54. The average Bonchev–Trinajstić information content (AvgIpc) is 2.50. The van der Waals surface area contributed by atoms with Crippen molar-refractivity contribution in [3.05, 3.63) is 64.4 Å². The number of aromatic amines is 1. The van der Waals surface area contributed by atoms with Gasteiger partial charge in [-0.25, -0.2) is 4.98 Å². The Morgan fingerprint density at radius 3 is 2.64 bits per heavy atom. The lowest BCUT2D eigenvalue weighted by Crippen LogP contribution is -2.13. The zero-order chi connectivity index (χ0) is 14.7. The number of para-hydroxylation sites is 2. The van der Waals surface area contributed by atoms with Crippen LogP contribution in [0.2, 0.25) is 0 Å². The van der Waals surface area contributed by atoms with E-state index in [0.717, 1.165) is 5.56 Å². The normalized spacial score (nSPS) is 10.5. The fraction of sp³-hybridized carbons (Fsp3) is 0. The van der Waals surface area contributed by atoms with Gasteiger partial charge in [0.25, 0.3) is 5.56 Å². The summed E-state index contributed by atoms with van der Waals surface area (Å²) in [6, 6.07) is 13.8. The molecular formula is C15H13ClN4O2. The molecule has 1 heterocycles. The van der Waals surface area contributed by atoms with Gasteiger partial charge in [-0.1, -0.05) is 12.1 Å². The molecule has 0 amide bonds. The second-order valence-corrected chi connectivity index (χ2v) is 4.39. The molecule has 7 heteroatoms. The van der Waals surface area contributed by atoms with Crippen LogP contribution in [0.25, 0.3) is 11.0 Å². The Morgan fingerprint density at radius 1 is 1.14 bits per heavy atom. The number of hydrogen-bond donors (Lipinski definition) is 3. The lowest BCUT2D eigenvalue weighted by atomic mass is 10.2. The van der Waals surface area contributed by atoms with Crippen molar-refractivity contribution in [2.45, 2.75) is 0 Å². The van der Waals surface area contributed by atoms with Gasteiger partial charge in [-0.3, -0.25) is 10.2 Å². The van der Waals surface area contributed by atoms with Gasteiger partial charge in [0, 0.05) is 0 Å². The van der Waals surface area contributed by atoms with Gasteiger partial charge in [0.15, 0.2) is 0 Å². The maximum Gasteiger partial charge on any atom is 0.293 e. The number of nitrogens with one attached hydrogen (secondary N) is 2. The van der Waals surface area contributed by atoms with Gasteiger partial charge in [0.1, 0.15) is 5.75 Å². The molecule has 0 aliphatic heterocycles. The molecule has 0 bridgehead atoms. The van der Waals surface area contributed by atoms with Gasteiger partial charge >= 0.3 is 0 Å². The molecule has 0 aliphatic rings. The summed E-state index contributed by atoms with van der Waals surface area (Å²) in [5.74, 6) is 0.316. The van der Waals surface area contributed by atoms with Crippen molar-refractivity contribution in [3.63, 3.8) is 0 Å². The van der Waals surface area contributed by atoms with Crippen molar-refractivity contribution in [3.8, 4) is 5.75 Å². The highest BCUT2D eigenvalue weighted by molar-refractivity contribution is 5.85. The Labute approximate surface area is 131 Å². The molecule has 22 heavy (non-hydrogen) atoms. The molecule has 0 saturated heterocycles. The van der Waals surface area contributed by atoms with Crippen LogP contribution in [-0.2, 0) is 0 Å². The molecule has 0 atom stereocenters. The van der Waals surface area contributed by atoms with Crippen LogP contribution in [0.3, 0.4) is 0 Å². The van der Waals surface area contributed by atoms with Crippen molar-refractivity contribution in [1.29, 1.82) is 0 Å². The third-order valence-corrected chi connectivity index (χ3v) is 2.88. The van der Waals surface area contributed by atoms with E-state index in [0.29, 0.717) is 11.0 Å². The summed E-state index contributed by atoms with van der Waals surface area (Å²) in [5.41, 5.74) is 4.43. The first-order valence-corrected chi connectivity index (χ1v) is 6.29. The Bertz CT molecular complexity index is 859. The third kappa shape index (κ3) is 3.42. The number of halogens is 1. The van der Waals surface area contributed by atoms with Gasteiger partial charge < -0.3 is 10.1 Å². The van der Waals surface area contributed by atoms with E-state index in [2.05, 4.69) is 20.5 Å². The van der Waals surface area contributed by atoms with Crippen LogP contribution in [0, 0.1) is 0 Å². The zero-order valence-corrected chi connectivity index (χ0v) is 12.2. The van der Waals surface area contributed by atoms with E-state index in [4.69, 9.17) is 0 Å². The number of phenols is 1. The first-order valence-electron chi connectivity index (χ1n) is 6.29. The fourth-order valence-electron chi connectivity index (χ4n) is 1.83. The van der Waals surface area contributed by atoms with Crippen molar-refractivity contribution >= 4 is 35.5 Å². The minimum Gasteiger partial charge on any atom is -0.508 e. The van der Waals surface area contributed by atoms with Gasteiger partial charge in [-0.05, 0) is 42.0 Å². The van der Waals surface area contributed by atoms with E-state index >= 15 is 0 Å². The molecule has 6 nitrogen and oxygen atoms in total. The maximum absolute atomic E-state index is 11.8. The summed E-state index contributed by atoms with van der Waals surface area (Å²) in [7, 11) is 0. The molecule has 3 aromatic rings. The molecule has 0 radical (unpaired) electrons. The Kier molecular flexibility index (Phi) is 4.75. The van der Waals surface area contributed by atoms with E-state index in [1.54, 1.807) is 36.4 Å². The minimum atomic E-state index is -0.337. The Morgan fingerprint density at radius 2 is 1.86 bits per heavy atom. The fourth-order valence-corrected chi connectivity index (χ4v) is 1.83. The highest BCUT2D eigenvalue weighted by atomic mass is 35.5. The average molecular weight is 317 g/mol. The van der Waals surface area contributed by atoms with Gasteiger partial charge in [0.05, 0.1) is 17.2 Å². The SMILES string of the molecule is Cl.O=c1[nH]c2ccccc2nc1N/N=C/c1ccc(O)cc1. The van der Waals surface area contributed by atoms with Crippen LogP contribution < -0.4 is 11.0 Å². The summed E-state index contributed by atoms with van der Waals surface area (Å²) in [5, 5.41) is 13.2. The van der Waals surface area contributed by atoms with Crippen LogP contribution in [0.5, 0.6) is 5.75 Å². The molecule has 0 saturated carbocycles. The van der Waals surface area contributed by atoms with E-state index in [1.165, 1.54) is 6.21 Å². The number of fused-ring (bicyclic) bond motifs is 1. The van der Waals surface area contributed by atoms with Crippen LogP contribution >= 0.6 is 12.4 Å². The number of benzene rings is 2. The van der Waals surface area contributed by atoms with Crippen LogP contribution in [-0.4, -0.2) is 21.3 Å². The minimum absolute atomic E-state index is 0. The second-order valence-electron chi connectivity index (χ2n) is 4.39. The number of phenolic OH excluding ortho intramolecular Hbond substituents is 1.